The first-order valence-corrected chi connectivity index (χ1v) is 7.09. The normalized spacial score (nSPS) is 26.8. The van der Waals surface area contributed by atoms with Crippen LogP contribution in [-0.4, -0.2) is 12.1 Å². The predicted molar refractivity (Wildman–Crippen MR) is 68.2 cm³/mol. The smallest absolute Gasteiger partial charge is 0.00695 e. The molecule has 0 bridgehead atoms. The first-order valence-electron chi connectivity index (χ1n) is 7.09. The highest BCUT2D eigenvalue weighted by molar-refractivity contribution is 4.77. The van der Waals surface area contributed by atoms with Gasteiger partial charge in [-0.15, -0.1) is 0 Å². The van der Waals surface area contributed by atoms with E-state index in [2.05, 4.69) is 19.2 Å². The summed E-state index contributed by atoms with van der Waals surface area (Å²) in [7, 11) is 0. The maximum atomic E-state index is 3.72. The molecule has 1 nitrogen and oxygen atoms in total. The average molecular weight is 211 g/mol. The molecule has 0 radical (unpaired) electrons. The van der Waals surface area contributed by atoms with Crippen LogP contribution < -0.4 is 5.32 Å². The van der Waals surface area contributed by atoms with E-state index in [1.54, 1.807) is 0 Å². The number of rotatable bonds is 7. The second-order valence-electron chi connectivity index (χ2n) is 5.25. The van der Waals surface area contributed by atoms with Gasteiger partial charge in [0.2, 0.25) is 0 Å². The van der Waals surface area contributed by atoms with Crippen LogP contribution in [0.1, 0.15) is 78.1 Å². The largest absolute Gasteiger partial charge is 0.312 e. The van der Waals surface area contributed by atoms with E-state index in [0.717, 1.165) is 12.1 Å². The molecule has 0 amide bonds. The van der Waals surface area contributed by atoms with Gasteiger partial charge in [-0.25, -0.2) is 0 Å². The molecule has 2 atom stereocenters. The van der Waals surface area contributed by atoms with Crippen LogP contribution in [0.25, 0.3) is 0 Å². The van der Waals surface area contributed by atoms with E-state index in [1.807, 2.05) is 0 Å². The van der Waals surface area contributed by atoms with E-state index in [9.17, 15) is 0 Å². The van der Waals surface area contributed by atoms with E-state index in [4.69, 9.17) is 0 Å². The van der Waals surface area contributed by atoms with E-state index < -0.39 is 0 Å². The standard InChI is InChI=1S/C14H29N/c1-3-4-5-6-7-8-11-14-12-9-10-13(2)15-14/h13-15H,3-12H2,1-2H3. The van der Waals surface area contributed by atoms with E-state index in [-0.39, 0.29) is 0 Å². The highest BCUT2D eigenvalue weighted by Crippen LogP contribution is 2.17. The molecule has 0 spiro atoms. The molecule has 1 heteroatoms. The second-order valence-corrected chi connectivity index (χ2v) is 5.25. The van der Waals surface area contributed by atoms with Gasteiger partial charge in [0, 0.05) is 12.1 Å². The molecule has 1 saturated heterocycles. The molecular weight excluding hydrogens is 182 g/mol. The predicted octanol–water partition coefficient (Wildman–Crippen LogP) is 4.27. The third kappa shape index (κ3) is 6.19. The first kappa shape index (κ1) is 13.0. The minimum Gasteiger partial charge on any atom is -0.312 e. The van der Waals surface area contributed by atoms with Crippen molar-refractivity contribution in [3.63, 3.8) is 0 Å². The number of piperidine rings is 1. The molecule has 1 aliphatic heterocycles. The van der Waals surface area contributed by atoms with Crippen LogP contribution in [-0.2, 0) is 0 Å². The molecule has 1 fully saturated rings. The lowest BCUT2D eigenvalue weighted by Gasteiger charge is -2.28. The van der Waals surface area contributed by atoms with Crippen LogP contribution in [0.5, 0.6) is 0 Å². The number of unbranched alkanes of at least 4 members (excludes halogenated alkanes) is 5. The van der Waals surface area contributed by atoms with Gasteiger partial charge >= 0.3 is 0 Å². The van der Waals surface area contributed by atoms with Gasteiger partial charge in [-0.3, -0.25) is 0 Å². The van der Waals surface area contributed by atoms with Crippen molar-refractivity contribution in [1.82, 2.24) is 5.32 Å². The Labute approximate surface area is 96.0 Å². The minimum atomic E-state index is 0.767. The van der Waals surface area contributed by atoms with E-state index >= 15 is 0 Å². The molecule has 1 aliphatic rings. The lowest BCUT2D eigenvalue weighted by atomic mass is 9.95. The lowest BCUT2D eigenvalue weighted by molar-refractivity contribution is 0.314. The fourth-order valence-corrected chi connectivity index (χ4v) is 2.64. The molecule has 15 heavy (non-hydrogen) atoms. The van der Waals surface area contributed by atoms with Crippen molar-refractivity contribution in [1.29, 1.82) is 0 Å². The number of hydrogen-bond donors (Lipinski definition) is 1. The quantitative estimate of drug-likeness (QED) is 0.620. The third-order valence-corrected chi connectivity index (χ3v) is 3.62. The first-order chi connectivity index (χ1) is 7.33. The van der Waals surface area contributed by atoms with Crippen molar-refractivity contribution in [3.8, 4) is 0 Å². The Morgan fingerprint density at radius 3 is 2.47 bits per heavy atom. The van der Waals surface area contributed by atoms with Crippen LogP contribution in [0.15, 0.2) is 0 Å². The summed E-state index contributed by atoms with van der Waals surface area (Å²) in [6.45, 7) is 4.61. The van der Waals surface area contributed by atoms with Crippen molar-refractivity contribution in [2.75, 3.05) is 0 Å². The van der Waals surface area contributed by atoms with Gasteiger partial charge in [0.1, 0.15) is 0 Å². The second kappa shape index (κ2) is 8.15. The molecule has 0 aromatic carbocycles. The fourth-order valence-electron chi connectivity index (χ4n) is 2.64. The zero-order chi connectivity index (χ0) is 10.9. The molecule has 1 N–H and O–H groups in total. The highest BCUT2D eigenvalue weighted by atomic mass is 15.0. The third-order valence-electron chi connectivity index (χ3n) is 3.62. The van der Waals surface area contributed by atoms with Crippen LogP contribution in [0.4, 0.5) is 0 Å². The van der Waals surface area contributed by atoms with Crippen LogP contribution in [0, 0.1) is 0 Å². The SMILES string of the molecule is CCCCCCCCC1CCCC(C)N1. The van der Waals surface area contributed by atoms with Gasteiger partial charge in [0.25, 0.3) is 0 Å². The summed E-state index contributed by atoms with van der Waals surface area (Å²) in [4.78, 5) is 0. The van der Waals surface area contributed by atoms with Gasteiger partial charge in [-0.2, -0.15) is 0 Å². The Morgan fingerprint density at radius 1 is 1.00 bits per heavy atom. The van der Waals surface area contributed by atoms with Gasteiger partial charge < -0.3 is 5.32 Å². The van der Waals surface area contributed by atoms with Gasteiger partial charge in [-0.05, 0) is 26.2 Å². The van der Waals surface area contributed by atoms with Crippen molar-refractivity contribution in [2.45, 2.75) is 90.1 Å². The summed E-state index contributed by atoms with van der Waals surface area (Å²) in [5.74, 6) is 0. The molecule has 0 aromatic heterocycles. The average Bonchev–Trinajstić information content (AvgIpc) is 2.23. The molecule has 0 saturated carbocycles. The fraction of sp³-hybridized carbons (Fsp3) is 1.00. The summed E-state index contributed by atoms with van der Waals surface area (Å²) in [5.41, 5.74) is 0. The Balaban J connectivity index is 1.90. The van der Waals surface area contributed by atoms with Crippen molar-refractivity contribution < 1.29 is 0 Å². The molecule has 0 aromatic rings. The summed E-state index contributed by atoms with van der Waals surface area (Å²) in [6, 6.07) is 1.60. The zero-order valence-electron chi connectivity index (χ0n) is 10.7. The van der Waals surface area contributed by atoms with Crippen molar-refractivity contribution in [2.24, 2.45) is 0 Å². The Hall–Kier alpha value is -0.0400. The van der Waals surface area contributed by atoms with Crippen molar-refractivity contribution in [3.05, 3.63) is 0 Å². The van der Waals surface area contributed by atoms with Crippen LogP contribution in [0.2, 0.25) is 0 Å². The summed E-state index contributed by atoms with van der Waals surface area (Å²) in [6.07, 6.45) is 14.2. The monoisotopic (exact) mass is 211 g/mol. The summed E-state index contributed by atoms with van der Waals surface area (Å²) >= 11 is 0. The van der Waals surface area contributed by atoms with E-state index in [1.165, 1.54) is 64.2 Å². The Kier molecular flexibility index (Phi) is 7.08. The Bertz CT molecular complexity index is 144. The molecule has 90 valence electrons. The van der Waals surface area contributed by atoms with Crippen LogP contribution in [0.3, 0.4) is 0 Å². The maximum Gasteiger partial charge on any atom is 0.00695 e. The summed E-state index contributed by atoms with van der Waals surface area (Å²) in [5, 5.41) is 3.72. The highest BCUT2D eigenvalue weighted by Gasteiger charge is 2.16. The van der Waals surface area contributed by atoms with Gasteiger partial charge in [-0.1, -0.05) is 51.9 Å². The molecular formula is C14H29N. The zero-order valence-corrected chi connectivity index (χ0v) is 10.7. The van der Waals surface area contributed by atoms with Gasteiger partial charge in [0.15, 0.2) is 0 Å². The van der Waals surface area contributed by atoms with Crippen LogP contribution >= 0.6 is 0 Å². The number of hydrogen-bond acceptors (Lipinski definition) is 1. The van der Waals surface area contributed by atoms with Crippen molar-refractivity contribution >= 4 is 0 Å². The minimum absolute atomic E-state index is 0.767. The number of nitrogens with one attached hydrogen (secondary N) is 1. The lowest BCUT2D eigenvalue weighted by Crippen LogP contribution is -2.40. The Morgan fingerprint density at radius 2 is 1.73 bits per heavy atom. The molecule has 0 aliphatic carbocycles. The maximum absolute atomic E-state index is 3.72. The molecule has 1 rings (SSSR count). The summed E-state index contributed by atoms with van der Waals surface area (Å²) < 4.78 is 0. The van der Waals surface area contributed by atoms with E-state index in [0.29, 0.717) is 0 Å². The van der Waals surface area contributed by atoms with Gasteiger partial charge in [0.05, 0.1) is 0 Å². The molecule has 1 heterocycles. The topological polar surface area (TPSA) is 12.0 Å². The molecule has 2 unspecified atom stereocenters.